The van der Waals surface area contributed by atoms with Crippen LogP contribution in [0.3, 0.4) is 0 Å². The highest BCUT2D eigenvalue weighted by atomic mass is 16.6. The van der Waals surface area contributed by atoms with Gasteiger partial charge in [-0.25, -0.2) is 0 Å². The highest BCUT2D eigenvalue weighted by molar-refractivity contribution is 5.76. The molecule has 248 valence electrons. The van der Waals surface area contributed by atoms with Crippen molar-refractivity contribution in [2.45, 2.75) is 46.1 Å². The molecule has 0 radical (unpaired) electrons. The van der Waals surface area contributed by atoms with Crippen molar-refractivity contribution >= 4 is 17.7 Å². The van der Waals surface area contributed by atoms with Crippen molar-refractivity contribution in [2.75, 3.05) is 119 Å². The molecule has 14 nitrogen and oxygen atoms in total. The lowest BCUT2D eigenvalue weighted by Crippen LogP contribution is -2.42. The lowest BCUT2D eigenvalue weighted by molar-refractivity contribution is -0.126. The van der Waals surface area contributed by atoms with Crippen LogP contribution in [0.1, 0.15) is 40.0 Å². The molecule has 0 aliphatic carbocycles. The minimum atomic E-state index is -0.453. The van der Waals surface area contributed by atoms with E-state index >= 15 is 0 Å². The maximum atomic E-state index is 12.4. The summed E-state index contributed by atoms with van der Waals surface area (Å²) in [6, 6.07) is -0.453. The van der Waals surface area contributed by atoms with Crippen LogP contribution in [0, 0.1) is 0 Å². The molecule has 0 bridgehead atoms. The quantitative estimate of drug-likeness (QED) is 0.0885. The third kappa shape index (κ3) is 29.6. The van der Waals surface area contributed by atoms with Crippen molar-refractivity contribution in [3.8, 4) is 0 Å². The predicted molar refractivity (Wildman–Crippen MR) is 155 cm³/mol. The largest absolute Gasteiger partial charge is 0.380 e. The first-order valence-electron chi connectivity index (χ1n) is 15.0. The normalized spacial score (nSPS) is 11.1. The van der Waals surface area contributed by atoms with Gasteiger partial charge in [0.15, 0.2) is 0 Å². The maximum Gasteiger partial charge on any atom is 0.222 e. The van der Waals surface area contributed by atoms with Crippen LogP contribution in [0.15, 0.2) is 0 Å². The number of hydrogen-bond donors (Lipinski definition) is 3. The first-order valence-corrected chi connectivity index (χ1v) is 15.0. The van der Waals surface area contributed by atoms with Gasteiger partial charge in [-0.15, -0.1) is 0 Å². The van der Waals surface area contributed by atoms with Gasteiger partial charge in [-0.1, -0.05) is 0 Å². The first-order chi connectivity index (χ1) is 20.5. The van der Waals surface area contributed by atoms with E-state index in [2.05, 4.69) is 16.0 Å². The van der Waals surface area contributed by atoms with Gasteiger partial charge in [-0.2, -0.15) is 0 Å². The van der Waals surface area contributed by atoms with Crippen molar-refractivity contribution in [1.82, 2.24) is 16.0 Å². The molecule has 0 atom stereocenters. The number of carbonyl (C=O) groups excluding carboxylic acids is 3. The fraction of sp³-hybridized carbons (Fsp3) is 0.893. The van der Waals surface area contributed by atoms with Crippen LogP contribution >= 0.6 is 0 Å². The van der Waals surface area contributed by atoms with Crippen LogP contribution in [-0.2, 0) is 52.3 Å². The predicted octanol–water partition coefficient (Wildman–Crippen LogP) is 0.0664. The summed E-state index contributed by atoms with van der Waals surface area (Å²) < 4.78 is 43.1. The van der Waals surface area contributed by atoms with E-state index in [4.69, 9.17) is 37.9 Å². The number of nitrogens with one attached hydrogen (secondary N) is 3. The molecule has 14 heteroatoms. The zero-order chi connectivity index (χ0) is 30.9. The number of carbonyl (C=O) groups is 3. The molecule has 3 amide bonds. The second-order valence-electron chi connectivity index (χ2n) is 8.79. The topological polar surface area (TPSA) is 161 Å². The average Bonchev–Trinajstić information content (AvgIpc) is 2.98. The zero-order valence-electron chi connectivity index (χ0n) is 25.9. The molecule has 0 unspecified atom stereocenters. The first kappa shape index (κ1) is 40.1. The highest BCUT2D eigenvalue weighted by Crippen LogP contribution is 1.95. The molecule has 0 aromatic heterocycles. The van der Waals surface area contributed by atoms with Gasteiger partial charge in [0, 0.05) is 52.2 Å². The van der Waals surface area contributed by atoms with Crippen molar-refractivity contribution in [1.29, 1.82) is 0 Å². The van der Waals surface area contributed by atoms with Gasteiger partial charge in [0.25, 0.3) is 0 Å². The Bertz CT molecular complexity index is 612. The third-order valence-corrected chi connectivity index (χ3v) is 5.29. The molecule has 0 saturated heterocycles. The van der Waals surface area contributed by atoms with Crippen LogP contribution in [-0.4, -0.2) is 143 Å². The third-order valence-electron chi connectivity index (χ3n) is 5.29. The number of rotatable bonds is 32. The van der Waals surface area contributed by atoms with Gasteiger partial charge in [0.05, 0.1) is 91.9 Å². The Morgan fingerprint density at radius 1 is 0.452 bits per heavy atom. The standard InChI is InChI=1S/C28H55N3O11/c1-4-35-15-10-29-26(32)7-13-41-23-25(24-42-14-8-27(33)30-11-16-36-5-2)31-28(34)9-12-38-19-20-40-22-21-39-18-17-37-6-3/h25H,4-24H2,1-3H3,(H,29,32)(H,30,33)(H,31,34). The summed E-state index contributed by atoms with van der Waals surface area (Å²) in [5.41, 5.74) is 0. The Morgan fingerprint density at radius 2 is 0.810 bits per heavy atom. The monoisotopic (exact) mass is 609 g/mol. The van der Waals surface area contributed by atoms with Crippen molar-refractivity contribution in [2.24, 2.45) is 0 Å². The summed E-state index contributed by atoms with van der Waals surface area (Å²) in [4.78, 5) is 36.2. The second-order valence-corrected chi connectivity index (χ2v) is 8.79. The lowest BCUT2D eigenvalue weighted by atomic mass is 10.3. The molecular weight excluding hydrogens is 554 g/mol. The summed E-state index contributed by atoms with van der Waals surface area (Å²) >= 11 is 0. The Hall–Kier alpha value is -1.91. The molecular formula is C28H55N3O11. The minimum absolute atomic E-state index is 0.142. The van der Waals surface area contributed by atoms with E-state index in [1.807, 2.05) is 20.8 Å². The van der Waals surface area contributed by atoms with Gasteiger partial charge in [0.2, 0.25) is 17.7 Å². The fourth-order valence-electron chi connectivity index (χ4n) is 3.17. The van der Waals surface area contributed by atoms with Crippen LogP contribution in [0.25, 0.3) is 0 Å². The van der Waals surface area contributed by atoms with Gasteiger partial charge < -0.3 is 53.8 Å². The Labute approximate surface area is 251 Å². The molecule has 0 rings (SSSR count). The Kier molecular flexibility index (Phi) is 30.6. The number of ether oxygens (including phenoxy) is 8. The van der Waals surface area contributed by atoms with E-state index in [9.17, 15) is 14.4 Å². The fourth-order valence-corrected chi connectivity index (χ4v) is 3.17. The number of amides is 3. The smallest absolute Gasteiger partial charge is 0.222 e. The van der Waals surface area contributed by atoms with E-state index < -0.39 is 6.04 Å². The van der Waals surface area contributed by atoms with Crippen LogP contribution < -0.4 is 16.0 Å². The molecule has 0 heterocycles. The van der Waals surface area contributed by atoms with Gasteiger partial charge in [-0.3, -0.25) is 14.4 Å². The molecule has 0 aromatic rings. The molecule has 0 aliphatic rings. The molecule has 3 N–H and O–H groups in total. The van der Waals surface area contributed by atoms with E-state index in [-0.39, 0.29) is 70.0 Å². The maximum absolute atomic E-state index is 12.4. The Morgan fingerprint density at radius 3 is 1.26 bits per heavy atom. The molecule has 42 heavy (non-hydrogen) atoms. The van der Waals surface area contributed by atoms with Crippen molar-refractivity contribution in [3.05, 3.63) is 0 Å². The average molecular weight is 610 g/mol. The summed E-state index contributed by atoms with van der Waals surface area (Å²) in [5, 5.41) is 8.37. The summed E-state index contributed by atoms with van der Waals surface area (Å²) in [6.45, 7) is 13.1. The molecule has 0 aromatic carbocycles. The van der Waals surface area contributed by atoms with E-state index in [1.54, 1.807) is 0 Å². The highest BCUT2D eigenvalue weighted by Gasteiger charge is 2.14. The van der Waals surface area contributed by atoms with Gasteiger partial charge in [-0.05, 0) is 20.8 Å². The van der Waals surface area contributed by atoms with E-state index in [0.29, 0.717) is 85.8 Å². The summed E-state index contributed by atoms with van der Waals surface area (Å²) in [7, 11) is 0. The summed E-state index contributed by atoms with van der Waals surface area (Å²) in [6.07, 6.45) is 0.525. The van der Waals surface area contributed by atoms with Crippen molar-refractivity contribution in [3.63, 3.8) is 0 Å². The molecule has 0 fully saturated rings. The van der Waals surface area contributed by atoms with Crippen LogP contribution in [0.5, 0.6) is 0 Å². The molecule has 0 saturated carbocycles. The second kappa shape index (κ2) is 32.0. The lowest BCUT2D eigenvalue weighted by Gasteiger charge is -2.19. The summed E-state index contributed by atoms with van der Waals surface area (Å²) in [5.74, 6) is -0.507. The Balaban J connectivity index is 4.22. The minimum Gasteiger partial charge on any atom is -0.380 e. The van der Waals surface area contributed by atoms with E-state index in [0.717, 1.165) is 0 Å². The van der Waals surface area contributed by atoms with Gasteiger partial charge in [0.1, 0.15) is 0 Å². The molecule has 0 aliphatic heterocycles. The van der Waals surface area contributed by atoms with E-state index in [1.165, 1.54) is 0 Å². The van der Waals surface area contributed by atoms with Crippen LogP contribution in [0.2, 0.25) is 0 Å². The van der Waals surface area contributed by atoms with Crippen molar-refractivity contribution < 1.29 is 52.3 Å². The molecule has 0 spiro atoms. The van der Waals surface area contributed by atoms with Crippen LogP contribution in [0.4, 0.5) is 0 Å². The zero-order valence-corrected chi connectivity index (χ0v) is 25.9. The van der Waals surface area contributed by atoms with Gasteiger partial charge >= 0.3 is 0 Å². The number of hydrogen-bond acceptors (Lipinski definition) is 11. The SMILES string of the molecule is CCOCCNC(=O)CCOCC(COCCC(=O)NCCOCC)NC(=O)CCOCCOCCOCCOCC.